The number of nitrogens with one attached hydrogen (secondary N) is 2. The Kier molecular flexibility index (Phi) is 5.91. The Morgan fingerprint density at radius 3 is 1.31 bits per heavy atom. The lowest BCUT2D eigenvalue weighted by Gasteiger charge is -1.97. The molecule has 0 amide bonds. The van der Waals surface area contributed by atoms with Gasteiger partial charge < -0.3 is 9.97 Å². The fraction of sp³-hybridized carbons (Fsp3) is 0.250. The lowest BCUT2D eigenvalue weighted by atomic mass is 10.0. The SMILES string of the molecule is C=CC1=C(C)c2cc3[nH]c(cc4nc(cc5[nH]c(cc1n2)c(C)c5CC)C(C)=C4C=C)c(C)c3CC. The summed E-state index contributed by atoms with van der Waals surface area (Å²) in [5, 5.41) is 0. The van der Waals surface area contributed by atoms with Crippen LogP contribution in [0.5, 0.6) is 0 Å². The molecular weight excluding hydrogens is 440 g/mol. The van der Waals surface area contributed by atoms with E-state index in [-0.39, 0.29) is 0 Å². The van der Waals surface area contributed by atoms with E-state index >= 15 is 0 Å². The molecule has 8 bridgehead atoms. The van der Waals surface area contributed by atoms with Crippen LogP contribution in [0.2, 0.25) is 0 Å². The molecule has 0 atom stereocenters. The third-order valence-electron chi connectivity index (χ3n) is 7.75. The predicted octanol–water partition coefficient (Wildman–Crippen LogP) is 8.29. The van der Waals surface area contributed by atoms with Gasteiger partial charge in [0.15, 0.2) is 0 Å². The summed E-state index contributed by atoms with van der Waals surface area (Å²) < 4.78 is 0. The highest BCUT2D eigenvalue weighted by atomic mass is 14.8. The van der Waals surface area contributed by atoms with Crippen LogP contribution in [0.3, 0.4) is 0 Å². The number of hydrogen-bond donors (Lipinski definition) is 2. The maximum absolute atomic E-state index is 5.06. The minimum absolute atomic E-state index is 0.930. The summed E-state index contributed by atoms with van der Waals surface area (Å²) in [5.74, 6) is 0. The molecule has 5 heterocycles. The zero-order chi connectivity index (χ0) is 25.7. The number of aryl methyl sites for hydroxylation is 4. The first-order valence-corrected chi connectivity index (χ1v) is 12.7. The molecule has 36 heavy (non-hydrogen) atoms. The second-order valence-corrected chi connectivity index (χ2v) is 9.65. The molecule has 3 aromatic heterocycles. The second-order valence-electron chi connectivity index (χ2n) is 9.65. The zero-order valence-electron chi connectivity index (χ0n) is 22.2. The largest absolute Gasteiger partial charge is 0.355 e. The number of nitrogens with zero attached hydrogens (tertiary/aromatic N) is 2. The average molecular weight is 475 g/mol. The summed E-state index contributed by atoms with van der Waals surface area (Å²) >= 11 is 0. The van der Waals surface area contributed by atoms with Crippen LogP contribution in [0.25, 0.3) is 44.4 Å². The minimum atomic E-state index is 0.930. The third-order valence-corrected chi connectivity index (χ3v) is 7.75. The van der Waals surface area contributed by atoms with Gasteiger partial charge in [0.1, 0.15) is 0 Å². The van der Waals surface area contributed by atoms with Crippen molar-refractivity contribution in [3.8, 4) is 0 Å². The van der Waals surface area contributed by atoms with Gasteiger partial charge in [-0.25, -0.2) is 9.97 Å². The van der Waals surface area contributed by atoms with Crippen LogP contribution in [0, 0.1) is 13.8 Å². The maximum Gasteiger partial charge on any atom is 0.0733 e. The van der Waals surface area contributed by atoms with Crippen molar-refractivity contribution in [2.24, 2.45) is 0 Å². The number of allylic oxidation sites excluding steroid dienone is 6. The second kappa shape index (κ2) is 8.94. The van der Waals surface area contributed by atoms with Crippen molar-refractivity contribution in [2.75, 3.05) is 0 Å². The van der Waals surface area contributed by atoms with Crippen LogP contribution in [0.4, 0.5) is 0 Å². The lowest BCUT2D eigenvalue weighted by molar-refractivity contribution is 1.14. The third kappa shape index (κ3) is 3.60. The molecule has 0 aromatic carbocycles. The van der Waals surface area contributed by atoms with Gasteiger partial charge >= 0.3 is 0 Å². The molecule has 0 radical (unpaired) electrons. The molecule has 0 saturated heterocycles. The van der Waals surface area contributed by atoms with Crippen LogP contribution in [-0.4, -0.2) is 19.9 Å². The van der Waals surface area contributed by atoms with Gasteiger partial charge in [0, 0.05) is 33.2 Å². The lowest BCUT2D eigenvalue weighted by Crippen LogP contribution is -1.82. The molecule has 2 aliphatic heterocycles. The highest BCUT2D eigenvalue weighted by molar-refractivity contribution is 5.98. The number of hydrogen-bond acceptors (Lipinski definition) is 2. The fourth-order valence-corrected chi connectivity index (χ4v) is 5.58. The summed E-state index contributed by atoms with van der Waals surface area (Å²) in [6.45, 7) is 21.2. The maximum atomic E-state index is 5.06. The Bertz CT molecular complexity index is 1540. The minimum Gasteiger partial charge on any atom is -0.355 e. The molecule has 2 aliphatic rings. The average Bonchev–Trinajstić information content (AvgIpc) is 3.51. The summed E-state index contributed by atoms with van der Waals surface area (Å²) in [4.78, 5) is 17.5. The number of aromatic nitrogens is 4. The van der Waals surface area contributed by atoms with E-state index in [9.17, 15) is 0 Å². The van der Waals surface area contributed by atoms with Gasteiger partial charge in [-0.15, -0.1) is 0 Å². The normalized spacial score (nSPS) is 13.5. The Labute approximate surface area is 213 Å². The van der Waals surface area contributed by atoms with E-state index in [4.69, 9.17) is 9.97 Å². The first kappa shape index (κ1) is 23.8. The quantitative estimate of drug-likeness (QED) is 0.399. The monoisotopic (exact) mass is 474 g/mol. The molecule has 3 aromatic rings. The van der Waals surface area contributed by atoms with Gasteiger partial charge in [-0.2, -0.15) is 0 Å². The molecular formula is C32H34N4. The Morgan fingerprint density at radius 2 is 0.972 bits per heavy atom. The van der Waals surface area contributed by atoms with Gasteiger partial charge in [0.2, 0.25) is 0 Å². The van der Waals surface area contributed by atoms with Gasteiger partial charge in [0.25, 0.3) is 0 Å². The van der Waals surface area contributed by atoms with Gasteiger partial charge in [0.05, 0.1) is 22.8 Å². The topological polar surface area (TPSA) is 57.4 Å². The molecule has 0 unspecified atom stereocenters. The van der Waals surface area contributed by atoms with Crippen LogP contribution in [0.1, 0.15) is 72.7 Å². The molecule has 4 heteroatoms. The highest BCUT2D eigenvalue weighted by Crippen LogP contribution is 2.35. The van der Waals surface area contributed by atoms with Crippen LogP contribution >= 0.6 is 0 Å². The van der Waals surface area contributed by atoms with E-state index in [0.717, 1.165) is 80.0 Å². The Hall–Kier alpha value is -3.92. The molecule has 0 fully saturated rings. The van der Waals surface area contributed by atoms with Gasteiger partial charge in [-0.05, 0) is 98.2 Å². The zero-order valence-corrected chi connectivity index (χ0v) is 22.2. The van der Waals surface area contributed by atoms with Crippen molar-refractivity contribution >= 4 is 44.4 Å². The summed E-state index contributed by atoms with van der Waals surface area (Å²) in [7, 11) is 0. The molecule has 2 N–H and O–H groups in total. The van der Waals surface area contributed by atoms with Crippen molar-refractivity contribution in [3.05, 3.63) is 94.6 Å². The molecule has 4 nitrogen and oxygen atoms in total. The first-order valence-electron chi connectivity index (χ1n) is 12.7. The first-order chi connectivity index (χ1) is 17.3. The molecule has 0 saturated carbocycles. The van der Waals surface area contributed by atoms with E-state index < -0.39 is 0 Å². The Morgan fingerprint density at radius 1 is 0.611 bits per heavy atom. The van der Waals surface area contributed by atoms with Crippen LogP contribution < -0.4 is 0 Å². The van der Waals surface area contributed by atoms with E-state index in [0.29, 0.717) is 0 Å². The molecule has 0 spiro atoms. The van der Waals surface area contributed by atoms with Crippen molar-refractivity contribution < 1.29 is 0 Å². The Balaban J connectivity index is 2.01. The highest BCUT2D eigenvalue weighted by Gasteiger charge is 2.18. The molecule has 182 valence electrons. The number of aromatic amines is 2. The van der Waals surface area contributed by atoms with Gasteiger partial charge in [-0.3, -0.25) is 0 Å². The van der Waals surface area contributed by atoms with Crippen LogP contribution in [0.15, 0.2) is 49.6 Å². The van der Waals surface area contributed by atoms with Crippen molar-refractivity contribution in [2.45, 2.75) is 54.4 Å². The smallest absolute Gasteiger partial charge is 0.0733 e. The predicted molar refractivity (Wildman–Crippen MR) is 155 cm³/mol. The summed E-state index contributed by atoms with van der Waals surface area (Å²) in [6, 6.07) is 8.67. The van der Waals surface area contributed by atoms with E-state index in [1.165, 1.54) is 22.3 Å². The number of rotatable bonds is 4. The van der Waals surface area contributed by atoms with E-state index in [1.54, 1.807) is 0 Å². The summed E-state index contributed by atoms with van der Waals surface area (Å²) in [5.41, 5.74) is 17.6. The molecule has 0 aliphatic carbocycles. The number of H-pyrrole nitrogens is 2. The van der Waals surface area contributed by atoms with E-state index in [1.807, 2.05) is 12.2 Å². The van der Waals surface area contributed by atoms with Crippen molar-refractivity contribution in [3.63, 3.8) is 0 Å². The van der Waals surface area contributed by atoms with Crippen molar-refractivity contribution in [1.29, 1.82) is 0 Å². The molecule has 5 rings (SSSR count). The van der Waals surface area contributed by atoms with E-state index in [2.05, 4.69) is 88.9 Å². The summed E-state index contributed by atoms with van der Waals surface area (Å²) in [6.07, 6.45) is 5.70. The fourth-order valence-electron chi connectivity index (χ4n) is 5.58. The number of fused-ring (bicyclic) bond motifs is 8. The standard InChI is InChI=1S/C32H34N4/c1-9-21-17(5)25-14-30-23(11-3)19(7)27(35-30)16-32-24(12-4)20(8)28(36-32)15-31-22(10-2)18(6)26(34-31)13-29(21)33-25/h9,12-16,34-35H,1,4,10-11H2,2-3,5-8H3. The van der Waals surface area contributed by atoms with Crippen molar-refractivity contribution in [1.82, 2.24) is 19.9 Å². The van der Waals surface area contributed by atoms with Crippen LogP contribution in [-0.2, 0) is 12.8 Å². The van der Waals surface area contributed by atoms with Gasteiger partial charge in [-0.1, -0.05) is 39.2 Å².